The summed E-state index contributed by atoms with van der Waals surface area (Å²) in [6.45, 7) is 2.11. The van der Waals surface area contributed by atoms with Crippen molar-refractivity contribution in [1.82, 2.24) is 20.3 Å². The smallest absolute Gasteiger partial charge is 0.125 e. The number of rotatable bonds is 2. The minimum absolute atomic E-state index is 0.225. The minimum Gasteiger partial charge on any atom is -0.360 e. The van der Waals surface area contributed by atoms with Gasteiger partial charge in [-0.2, -0.15) is 0 Å². The number of nitrogens with one attached hydrogen (secondary N) is 3. The summed E-state index contributed by atoms with van der Waals surface area (Å²) < 4.78 is 13.4. The van der Waals surface area contributed by atoms with Gasteiger partial charge in [0, 0.05) is 28.6 Å². The molecule has 4 nitrogen and oxygen atoms in total. The molecular formula is C20H19FN4. The van der Waals surface area contributed by atoms with Crippen molar-refractivity contribution in [1.29, 1.82) is 0 Å². The fourth-order valence-corrected chi connectivity index (χ4v) is 3.82. The molecule has 0 atom stereocenters. The Balaban J connectivity index is 1.57. The largest absolute Gasteiger partial charge is 0.360 e. The Bertz CT molecular complexity index is 1060. The number of benzene rings is 2. The summed E-state index contributed by atoms with van der Waals surface area (Å²) in [4.78, 5) is 11.5. The third-order valence-corrected chi connectivity index (χ3v) is 5.18. The molecule has 0 radical (unpaired) electrons. The van der Waals surface area contributed by atoms with Crippen molar-refractivity contribution in [3.63, 3.8) is 0 Å². The monoisotopic (exact) mass is 334 g/mol. The molecule has 5 heteroatoms. The predicted molar refractivity (Wildman–Crippen MR) is 98.2 cm³/mol. The molecule has 1 aliphatic heterocycles. The first-order valence-electron chi connectivity index (χ1n) is 8.75. The lowest BCUT2D eigenvalue weighted by molar-refractivity contribution is 0.448. The molecule has 0 spiro atoms. The number of H-pyrrole nitrogens is 2. The summed E-state index contributed by atoms with van der Waals surface area (Å²) in [5.41, 5.74) is 5.06. The highest BCUT2D eigenvalue weighted by Gasteiger charge is 2.19. The van der Waals surface area contributed by atoms with Crippen LogP contribution in [0.15, 0.2) is 42.6 Å². The molecule has 0 aliphatic carbocycles. The van der Waals surface area contributed by atoms with Crippen molar-refractivity contribution in [2.45, 2.75) is 18.8 Å². The Kier molecular flexibility index (Phi) is 3.35. The standard InChI is InChI=1S/C20H19FN4/c21-14-2-3-15-16(11-23-18(15)10-14)13-1-4-17-19(9-13)25-20(24-17)12-5-7-22-8-6-12/h1-4,9-12,22-23H,5-8H2,(H,24,25). The molecule has 1 aliphatic rings. The summed E-state index contributed by atoms with van der Waals surface area (Å²) >= 11 is 0. The molecule has 126 valence electrons. The van der Waals surface area contributed by atoms with Gasteiger partial charge in [-0.05, 0) is 61.8 Å². The van der Waals surface area contributed by atoms with E-state index >= 15 is 0 Å². The van der Waals surface area contributed by atoms with E-state index in [-0.39, 0.29) is 5.82 Å². The van der Waals surface area contributed by atoms with Crippen LogP contribution in [0.5, 0.6) is 0 Å². The Morgan fingerprint density at radius 3 is 2.76 bits per heavy atom. The summed E-state index contributed by atoms with van der Waals surface area (Å²) in [5.74, 6) is 1.37. The van der Waals surface area contributed by atoms with Gasteiger partial charge in [-0.3, -0.25) is 0 Å². The molecule has 1 fully saturated rings. The van der Waals surface area contributed by atoms with Crippen LogP contribution in [-0.2, 0) is 0 Å². The lowest BCUT2D eigenvalue weighted by atomic mass is 9.98. The summed E-state index contributed by atoms with van der Waals surface area (Å²) in [6, 6.07) is 11.1. The number of imidazole rings is 1. The molecule has 2 aromatic heterocycles. The molecule has 3 heterocycles. The molecule has 3 N–H and O–H groups in total. The maximum atomic E-state index is 13.4. The fourth-order valence-electron chi connectivity index (χ4n) is 3.82. The van der Waals surface area contributed by atoms with Crippen molar-refractivity contribution in [2.24, 2.45) is 0 Å². The zero-order valence-corrected chi connectivity index (χ0v) is 13.8. The van der Waals surface area contributed by atoms with Gasteiger partial charge in [-0.25, -0.2) is 9.37 Å². The second-order valence-electron chi connectivity index (χ2n) is 6.77. The lowest BCUT2D eigenvalue weighted by Gasteiger charge is -2.20. The van der Waals surface area contributed by atoms with Crippen LogP contribution in [0.4, 0.5) is 4.39 Å². The van der Waals surface area contributed by atoms with E-state index in [4.69, 9.17) is 4.98 Å². The first-order valence-corrected chi connectivity index (χ1v) is 8.75. The molecule has 0 saturated carbocycles. The van der Waals surface area contributed by atoms with Gasteiger partial charge < -0.3 is 15.3 Å². The third-order valence-electron chi connectivity index (χ3n) is 5.18. The van der Waals surface area contributed by atoms with Crippen molar-refractivity contribution in [2.75, 3.05) is 13.1 Å². The molecule has 0 amide bonds. The molecule has 1 saturated heterocycles. The Morgan fingerprint density at radius 1 is 1.00 bits per heavy atom. The molecule has 4 aromatic rings. The molecule has 5 rings (SSSR count). The van der Waals surface area contributed by atoms with Gasteiger partial charge in [0.15, 0.2) is 0 Å². The van der Waals surface area contributed by atoms with Crippen molar-refractivity contribution >= 4 is 21.9 Å². The summed E-state index contributed by atoms with van der Waals surface area (Å²) in [7, 11) is 0. The highest BCUT2D eigenvalue weighted by Crippen LogP contribution is 2.32. The maximum Gasteiger partial charge on any atom is 0.125 e. The number of aromatic nitrogens is 3. The van der Waals surface area contributed by atoms with E-state index in [1.807, 2.05) is 12.3 Å². The van der Waals surface area contributed by atoms with Gasteiger partial charge in [-0.1, -0.05) is 6.07 Å². The van der Waals surface area contributed by atoms with Gasteiger partial charge in [-0.15, -0.1) is 0 Å². The zero-order valence-electron chi connectivity index (χ0n) is 13.8. The summed E-state index contributed by atoms with van der Waals surface area (Å²) in [6.07, 6.45) is 4.19. The number of piperidine rings is 1. The van der Waals surface area contributed by atoms with Crippen LogP contribution in [-0.4, -0.2) is 28.0 Å². The average molecular weight is 334 g/mol. The van der Waals surface area contributed by atoms with Crippen LogP contribution in [0.1, 0.15) is 24.6 Å². The van der Waals surface area contributed by atoms with Gasteiger partial charge in [0.25, 0.3) is 0 Å². The quantitative estimate of drug-likeness (QED) is 0.511. The lowest BCUT2D eigenvalue weighted by Crippen LogP contribution is -2.27. The topological polar surface area (TPSA) is 56.5 Å². The Labute approximate surface area is 144 Å². The number of hydrogen-bond acceptors (Lipinski definition) is 2. The minimum atomic E-state index is -0.225. The predicted octanol–water partition coefficient (Wildman–Crippen LogP) is 4.32. The second kappa shape index (κ2) is 5.70. The SMILES string of the molecule is Fc1ccc2c(-c3ccc4nc(C5CCNCC5)[nH]c4c3)c[nH]c2c1. The maximum absolute atomic E-state index is 13.4. The molecule has 25 heavy (non-hydrogen) atoms. The molecule has 2 aromatic carbocycles. The van der Waals surface area contributed by atoms with E-state index in [0.717, 1.165) is 64.8 Å². The fraction of sp³-hybridized carbons (Fsp3) is 0.250. The average Bonchev–Trinajstić information content (AvgIpc) is 3.25. The first-order chi connectivity index (χ1) is 12.3. The first kappa shape index (κ1) is 14.7. The zero-order chi connectivity index (χ0) is 16.8. The van der Waals surface area contributed by atoms with E-state index in [1.165, 1.54) is 12.1 Å². The molecule has 0 unspecified atom stereocenters. The Hall–Kier alpha value is -2.66. The van der Waals surface area contributed by atoms with Crippen molar-refractivity contribution in [3.8, 4) is 11.1 Å². The van der Waals surface area contributed by atoms with E-state index in [2.05, 4.69) is 33.5 Å². The van der Waals surface area contributed by atoms with E-state index in [1.54, 1.807) is 0 Å². The number of nitrogens with zero attached hydrogens (tertiary/aromatic N) is 1. The van der Waals surface area contributed by atoms with Crippen LogP contribution < -0.4 is 5.32 Å². The van der Waals surface area contributed by atoms with Crippen LogP contribution in [0.2, 0.25) is 0 Å². The van der Waals surface area contributed by atoms with Crippen molar-refractivity contribution in [3.05, 3.63) is 54.2 Å². The third kappa shape index (κ3) is 2.51. The molecule has 0 bridgehead atoms. The van der Waals surface area contributed by atoms with Crippen LogP contribution >= 0.6 is 0 Å². The van der Waals surface area contributed by atoms with Gasteiger partial charge >= 0.3 is 0 Å². The summed E-state index contributed by atoms with van der Waals surface area (Å²) in [5, 5.41) is 4.42. The van der Waals surface area contributed by atoms with E-state index < -0.39 is 0 Å². The number of fused-ring (bicyclic) bond motifs is 2. The van der Waals surface area contributed by atoms with Crippen LogP contribution in [0, 0.1) is 5.82 Å². The number of aromatic amines is 2. The number of hydrogen-bond donors (Lipinski definition) is 3. The Morgan fingerprint density at radius 2 is 1.88 bits per heavy atom. The van der Waals surface area contributed by atoms with E-state index in [0.29, 0.717) is 5.92 Å². The number of halogens is 1. The molecular weight excluding hydrogens is 315 g/mol. The highest BCUT2D eigenvalue weighted by atomic mass is 19.1. The normalized spacial score (nSPS) is 16.0. The van der Waals surface area contributed by atoms with Gasteiger partial charge in [0.05, 0.1) is 11.0 Å². The van der Waals surface area contributed by atoms with Gasteiger partial charge in [0.1, 0.15) is 11.6 Å². The van der Waals surface area contributed by atoms with Crippen molar-refractivity contribution < 1.29 is 4.39 Å². The van der Waals surface area contributed by atoms with Crippen LogP contribution in [0.3, 0.4) is 0 Å². The van der Waals surface area contributed by atoms with Gasteiger partial charge in [0.2, 0.25) is 0 Å². The van der Waals surface area contributed by atoms with Crippen LogP contribution in [0.25, 0.3) is 33.1 Å². The highest BCUT2D eigenvalue weighted by molar-refractivity contribution is 5.97. The van der Waals surface area contributed by atoms with E-state index in [9.17, 15) is 4.39 Å². The second-order valence-corrected chi connectivity index (χ2v) is 6.77.